The van der Waals surface area contributed by atoms with Crippen molar-refractivity contribution in [2.75, 3.05) is 13.2 Å². The minimum atomic E-state index is -3.76. The SMILES string of the molecule is O=[N+]([O-])c1ccc(S(=O)(=O)c2cccc(OCC3CO3)c2)cc1. The molecule has 1 aliphatic heterocycles. The zero-order valence-electron chi connectivity index (χ0n) is 11.9. The van der Waals surface area contributed by atoms with Crippen LogP contribution < -0.4 is 4.74 Å². The standard InChI is InChI=1S/C15H13NO6S/c17-16(18)11-4-6-14(7-5-11)23(19,20)15-3-1-2-12(8-15)21-9-13-10-22-13/h1-8,13H,9-10H2. The highest BCUT2D eigenvalue weighted by molar-refractivity contribution is 7.91. The maximum atomic E-state index is 12.6. The number of ether oxygens (including phenoxy) is 2. The third-order valence-corrected chi connectivity index (χ3v) is 5.08. The molecule has 120 valence electrons. The van der Waals surface area contributed by atoms with Crippen molar-refractivity contribution in [1.82, 2.24) is 0 Å². The number of nitro benzene ring substituents is 1. The van der Waals surface area contributed by atoms with Crippen LogP contribution >= 0.6 is 0 Å². The molecule has 1 atom stereocenters. The zero-order chi connectivity index (χ0) is 16.4. The van der Waals surface area contributed by atoms with Gasteiger partial charge in [0.15, 0.2) is 0 Å². The first kappa shape index (κ1) is 15.4. The van der Waals surface area contributed by atoms with Crippen molar-refractivity contribution >= 4 is 15.5 Å². The van der Waals surface area contributed by atoms with Crippen LogP contribution in [0.2, 0.25) is 0 Å². The molecule has 1 heterocycles. The largest absolute Gasteiger partial charge is 0.491 e. The van der Waals surface area contributed by atoms with Crippen LogP contribution in [0.5, 0.6) is 5.75 Å². The van der Waals surface area contributed by atoms with Crippen LogP contribution in [-0.4, -0.2) is 32.7 Å². The highest BCUT2D eigenvalue weighted by Gasteiger charge is 2.24. The summed E-state index contributed by atoms with van der Waals surface area (Å²) in [6.45, 7) is 1.03. The van der Waals surface area contributed by atoms with Crippen LogP contribution in [0.15, 0.2) is 58.3 Å². The summed E-state index contributed by atoms with van der Waals surface area (Å²) in [5, 5.41) is 10.6. The molecule has 2 aromatic rings. The van der Waals surface area contributed by atoms with E-state index in [9.17, 15) is 18.5 Å². The van der Waals surface area contributed by atoms with Crippen molar-refractivity contribution in [2.24, 2.45) is 0 Å². The first-order valence-electron chi connectivity index (χ1n) is 6.81. The van der Waals surface area contributed by atoms with Crippen molar-refractivity contribution in [3.05, 3.63) is 58.6 Å². The van der Waals surface area contributed by atoms with Gasteiger partial charge in [-0.15, -0.1) is 0 Å². The van der Waals surface area contributed by atoms with Crippen molar-refractivity contribution in [3.8, 4) is 5.75 Å². The lowest BCUT2D eigenvalue weighted by atomic mass is 10.3. The molecule has 0 radical (unpaired) electrons. The van der Waals surface area contributed by atoms with E-state index in [1.807, 2.05) is 0 Å². The van der Waals surface area contributed by atoms with Gasteiger partial charge in [-0.25, -0.2) is 8.42 Å². The number of nitro groups is 1. The number of epoxide rings is 1. The maximum absolute atomic E-state index is 12.6. The molecule has 0 spiro atoms. The second-order valence-electron chi connectivity index (χ2n) is 5.00. The molecule has 0 aliphatic carbocycles. The fourth-order valence-corrected chi connectivity index (χ4v) is 3.26. The Bertz CT molecular complexity index is 827. The topological polar surface area (TPSA) is 99.0 Å². The highest BCUT2D eigenvalue weighted by atomic mass is 32.2. The average Bonchev–Trinajstić information content (AvgIpc) is 3.37. The van der Waals surface area contributed by atoms with Gasteiger partial charge in [-0.3, -0.25) is 10.1 Å². The van der Waals surface area contributed by atoms with Crippen LogP contribution in [0.3, 0.4) is 0 Å². The van der Waals surface area contributed by atoms with Crippen LogP contribution in [0.1, 0.15) is 0 Å². The minimum Gasteiger partial charge on any atom is -0.491 e. The van der Waals surface area contributed by atoms with Gasteiger partial charge in [0.2, 0.25) is 9.84 Å². The van der Waals surface area contributed by atoms with Crippen LogP contribution in [0.25, 0.3) is 0 Å². The third-order valence-electron chi connectivity index (χ3n) is 3.31. The van der Waals surface area contributed by atoms with E-state index in [0.29, 0.717) is 19.0 Å². The Morgan fingerprint density at radius 1 is 1.17 bits per heavy atom. The van der Waals surface area contributed by atoms with E-state index >= 15 is 0 Å². The van der Waals surface area contributed by atoms with E-state index < -0.39 is 14.8 Å². The molecule has 0 saturated carbocycles. The van der Waals surface area contributed by atoms with E-state index in [1.54, 1.807) is 12.1 Å². The minimum absolute atomic E-state index is 0.00854. The summed E-state index contributed by atoms with van der Waals surface area (Å²) < 4.78 is 35.6. The fraction of sp³-hybridized carbons (Fsp3) is 0.200. The van der Waals surface area contributed by atoms with Crippen molar-refractivity contribution in [1.29, 1.82) is 0 Å². The van der Waals surface area contributed by atoms with Gasteiger partial charge in [-0.1, -0.05) is 6.07 Å². The Morgan fingerprint density at radius 3 is 2.48 bits per heavy atom. The van der Waals surface area contributed by atoms with Crippen molar-refractivity contribution < 1.29 is 22.8 Å². The quantitative estimate of drug-likeness (QED) is 0.456. The van der Waals surface area contributed by atoms with Crippen molar-refractivity contribution in [3.63, 3.8) is 0 Å². The third kappa shape index (κ3) is 3.49. The predicted molar refractivity (Wildman–Crippen MR) is 80.2 cm³/mol. The molecule has 8 heteroatoms. The maximum Gasteiger partial charge on any atom is 0.269 e. The molecule has 3 rings (SSSR count). The molecule has 1 saturated heterocycles. The smallest absolute Gasteiger partial charge is 0.269 e. The highest BCUT2D eigenvalue weighted by Crippen LogP contribution is 2.26. The molecule has 0 bridgehead atoms. The lowest BCUT2D eigenvalue weighted by molar-refractivity contribution is -0.384. The van der Waals surface area contributed by atoms with E-state index in [-0.39, 0.29) is 21.6 Å². The monoisotopic (exact) mass is 335 g/mol. The molecular formula is C15H13NO6S. The lowest BCUT2D eigenvalue weighted by Gasteiger charge is -2.08. The number of hydrogen-bond acceptors (Lipinski definition) is 6. The second-order valence-corrected chi connectivity index (χ2v) is 6.95. The summed E-state index contributed by atoms with van der Waals surface area (Å²) in [5.74, 6) is 0.434. The molecule has 0 N–H and O–H groups in total. The fourth-order valence-electron chi connectivity index (χ4n) is 1.97. The molecule has 23 heavy (non-hydrogen) atoms. The number of sulfone groups is 1. The average molecular weight is 335 g/mol. The number of benzene rings is 2. The molecule has 0 amide bonds. The van der Waals surface area contributed by atoms with Gasteiger partial charge in [0.05, 0.1) is 21.3 Å². The van der Waals surface area contributed by atoms with Crippen LogP contribution in [-0.2, 0) is 14.6 Å². The van der Waals surface area contributed by atoms with Crippen molar-refractivity contribution in [2.45, 2.75) is 15.9 Å². The summed E-state index contributed by atoms with van der Waals surface area (Å²) >= 11 is 0. The zero-order valence-corrected chi connectivity index (χ0v) is 12.7. The van der Waals surface area contributed by atoms with Gasteiger partial charge >= 0.3 is 0 Å². The molecule has 1 unspecified atom stereocenters. The summed E-state index contributed by atoms with van der Waals surface area (Å²) in [5.41, 5.74) is -0.162. The second kappa shape index (κ2) is 5.98. The molecule has 1 aliphatic rings. The first-order valence-corrected chi connectivity index (χ1v) is 8.29. The number of nitrogens with zero attached hydrogens (tertiary/aromatic N) is 1. The Kier molecular flexibility index (Phi) is 4.01. The van der Waals surface area contributed by atoms with E-state index in [0.717, 1.165) is 12.1 Å². The van der Waals surface area contributed by atoms with Gasteiger partial charge in [0, 0.05) is 12.1 Å². The predicted octanol–water partition coefficient (Wildman–Crippen LogP) is 2.21. The van der Waals surface area contributed by atoms with Gasteiger partial charge < -0.3 is 9.47 Å². The van der Waals surface area contributed by atoms with Crippen LogP contribution in [0.4, 0.5) is 5.69 Å². The Morgan fingerprint density at radius 2 is 1.87 bits per heavy atom. The van der Waals surface area contributed by atoms with E-state index in [2.05, 4.69) is 0 Å². The Labute approximate surface area is 132 Å². The normalized spacial score (nSPS) is 16.8. The molecule has 1 fully saturated rings. The van der Waals surface area contributed by atoms with Gasteiger partial charge in [0.25, 0.3) is 5.69 Å². The summed E-state index contributed by atoms with van der Waals surface area (Å²) in [4.78, 5) is 10.1. The van der Waals surface area contributed by atoms with E-state index in [1.165, 1.54) is 24.3 Å². The molecule has 2 aromatic carbocycles. The Hall–Kier alpha value is -2.45. The summed E-state index contributed by atoms with van der Waals surface area (Å²) in [6, 6.07) is 10.9. The number of hydrogen-bond donors (Lipinski definition) is 0. The number of non-ortho nitro benzene ring substituents is 1. The van der Waals surface area contributed by atoms with Gasteiger partial charge in [-0.2, -0.15) is 0 Å². The summed E-state index contributed by atoms with van der Waals surface area (Å²) in [6.07, 6.45) is 0.0740. The summed E-state index contributed by atoms with van der Waals surface area (Å²) in [7, 11) is -3.76. The van der Waals surface area contributed by atoms with Crippen LogP contribution in [0, 0.1) is 10.1 Å². The molecular weight excluding hydrogens is 322 g/mol. The number of rotatable bonds is 6. The van der Waals surface area contributed by atoms with E-state index in [4.69, 9.17) is 9.47 Å². The Balaban J connectivity index is 1.85. The first-order chi connectivity index (χ1) is 11.0. The molecule has 7 nitrogen and oxygen atoms in total. The van der Waals surface area contributed by atoms with Gasteiger partial charge in [0.1, 0.15) is 18.5 Å². The lowest BCUT2D eigenvalue weighted by Crippen LogP contribution is -2.06. The van der Waals surface area contributed by atoms with Gasteiger partial charge in [-0.05, 0) is 30.3 Å². The molecule has 0 aromatic heterocycles.